The minimum absolute atomic E-state index is 0.209. The molecule has 0 aliphatic carbocycles. The molecule has 8 nitrogen and oxygen atoms in total. The summed E-state index contributed by atoms with van der Waals surface area (Å²) in [5, 5.41) is 9.02. The van der Waals surface area contributed by atoms with Gasteiger partial charge in [0.05, 0.1) is 11.4 Å². The summed E-state index contributed by atoms with van der Waals surface area (Å²) in [7, 11) is -4.16. The molecule has 1 aromatic rings. The van der Waals surface area contributed by atoms with Gasteiger partial charge in [-0.15, -0.1) is 13.2 Å². The van der Waals surface area contributed by atoms with Crippen molar-refractivity contribution in [3.8, 4) is 5.75 Å². The molecular weight excluding hydrogens is 381 g/mol. The molecule has 1 aliphatic heterocycles. The van der Waals surface area contributed by atoms with Gasteiger partial charge in [-0.2, -0.15) is 0 Å². The summed E-state index contributed by atoms with van der Waals surface area (Å²) in [6, 6.07) is 2.44. The van der Waals surface area contributed by atoms with E-state index in [4.69, 9.17) is 5.11 Å². The second kappa shape index (κ2) is 7.50. The van der Waals surface area contributed by atoms with Crippen molar-refractivity contribution >= 4 is 21.9 Å². The van der Waals surface area contributed by atoms with Gasteiger partial charge < -0.3 is 14.7 Å². The van der Waals surface area contributed by atoms with Crippen LogP contribution in [0.4, 0.5) is 13.2 Å². The van der Waals surface area contributed by atoms with E-state index in [2.05, 4.69) is 4.74 Å². The Labute approximate surface area is 146 Å². The number of sulfonamides is 1. The van der Waals surface area contributed by atoms with Crippen LogP contribution in [0.15, 0.2) is 29.2 Å². The number of nitrogens with zero attached hydrogens (tertiary/aromatic N) is 1. The van der Waals surface area contributed by atoms with E-state index in [9.17, 15) is 31.2 Å². The third kappa shape index (κ3) is 5.08. The largest absolute Gasteiger partial charge is 0.573 e. The molecule has 2 rings (SSSR count). The van der Waals surface area contributed by atoms with Crippen molar-refractivity contribution in [3.63, 3.8) is 0 Å². The third-order valence-electron chi connectivity index (χ3n) is 3.64. The predicted octanol–water partition coefficient (Wildman–Crippen LogP) is 0.939. The Bertz CT molecular complexity index is 779. The zero-order valence-electron chi connectivity index (χ0n) is 13.2. The molecule has 1 amide bonds. The number of carbonyl (C=O) groups is 2. The number of nitrogens with one attached hydrogen (secondary N) is 1. The molecule has 1 aliphatic rings. The standard InChI is InChI=1S/C14H15F3N2O6S/c15-14(16,17)25-9-3-5-10(6-4-9)26(23,24)18-8-12(20)19-7-1-2-11(19)13(21)22/h3-6,11,18H,1-2,7-8H2,(H,21,22)/t11-/m1/s1. The van der Waals surface area contributed by atoms with Gasteiger partial charge in [0.15, 0.2) is 0 Å². The van der Waals surface area contributed by atoms with Crippen molar-refractivity contribution in [3.05, 3.63) is 24.3 Å². The number of aliphatic carboxylic acids is 1. The van der Waals surface area contributed by atoms with E-state index in [0.717, 1.165) is 29.2 Å². The number of amides is 1. The maximum atomic E-state index is 12.1. The van der Waals surface area contributed by atoms with Gasteiger partial charge in [-0.1, -0.05) is 0 Å². The number of rotatable bonds is 6. The number of halogens is 3. The van der Waals surface area contributed by atoms with E-state index in [0.29, 0.717) is 6.42 Å². The lowest BCUT2D eigenvalue weighted by molar-refractivity contribution is -0.274. The number of alkyl halides is 3. The molecule has 1 saturated heterocycles. The number of carboxylic acids is 1. The van der Waals surface area contributed by atoms with Crippen LogP contribution in [0.3, 0.4) is 0 Å². The fourth-order valence-corrected chi connectivity index (χ4v) is 3.46. The highest BCUT2D eigenvalue weighted by Crippen LogP contribution is 2.24. The Morgan fingerprint density at radius 1 is 1.27 bits per heavy atom. The van der Waals surface area contributed by atoms with Gasteiger partial charge in [-0.3, -0.25) is 4.79 Å². The normalized spacial score (nSPS) is 18.0. The molecule has 2 N–H and O–H groups in total. The van der Waals surface area contributed by atoms with Crippen molar-refractivity contribution < 1.29 is 41.0 Å². The number of hydrogen-bond donors (Lipinski definition) is 2. The van der Waals surface area contributed by atoms with Crippen LogP contribution in [0.1, 0.15) is 12.8 Å². The summed E-state index contributed by atoms with van der Waals surface area (Å²) in [4.78, 5) is 23.8. The van der Waals surface area contributed by atoms with E-state index >= 15 is 0 Å². The second-order valence-corrected chi connectivity index (χ2v) is 7.19. The van der Waals surface area contributed by atoms with Gasteiger partial charge in [0, 0.05) is 6.54 Å². The van der Waals surface area contributed by atoms with Gasteiger partial charge >= 0.3 is 12.3 Å². The monoisotopic (exact) mass is 396 g/mol. The summed E-state index contributed by atoms with van der Waals surface area (Å²) in [6.07, 6.45) is -4.12. The topological polar surface area (TPSA) is 113 Å². The number of ether oxygens (including phenoxy) is 1. The summed E-state index contributed by atoms with van der Waals surface area (Å²) in [5.41, 5.74) is 0. The number of carbonyl (C=O) groups excluding carboxylic acids is 1. The second-order valence-electron chi connectivity index (χ2n) is 5.43. The molecule has 12 heteroatoms. The predicted molar refractivity (Wildman–Crippen MR) is 80.7 cm³/mol. The fraction of sp³-hybridized carbons (Fsp3) is 0.429. The van der Waals surface area contributed by atoms with Crippen molar-refractivity contribution in [1.82, 2.24) is 9.62 Å². The van der Waals surface area contributed by atoms with E-state index in [-0.39, 0.29) is 17.9 Å². The molecule has 0 radical (unpaired) electrons. The Kier molecular flexibility index (Phi) is 5.76. The molecular formula is C14H15F3N2O6S. The van der Waals surface area contributed by atoms with Gasteiger partial charge in [-0.25, -0.2) is 17.9 Å². The molecule has 1 atom stereocenters. The first-order valence-electron chi connectivity index (χ1n) is 7.37. The Hall–Kier alpha value is -2.34. The van der Waals surface area contributed by atoms with E-state index < -0.39 is 46.6 Å². The van der Waals surface area contributed by atoms with E-state index in [1.165, 1.54) is 0 Å². The van der Waals surface area contributed by atoms with E-state index in [1.54, 1.807) is 0 Å². The zero-order valence-corrected chi connectivity index (χ0v) is 14.0. The zero-order chi connectivity index (χ0) is 19.5. The molecule has 0 spiro atoms. The van der Waals surface area contributed by atoms with Gasteiger partial charge in [0.1, 0.15) is 11.8 Å². The lowest BCUT2D eigenvalue weighted by Gasteiger charge is -2.21. The first-order chi connectivity index (χ1) is 12.0. The number of likely N-dealkylation sites (tertiary alicyclic amines) is 1. The summed E-state index contributed by atoms with van der Waals surface area (Å²) < 4.78 is 66.1. The average molecular weight is 396 g/mol. The highest BCUT2D eigenvalue weighted by atomic mass is 32.2. The van der Waals surface area contributed by atoms with Crippen LogP contribution in [0, 0.1) is 0 Å². The Morgan fingerprint density at radius 3 is 2.42 bits per heavy atom. The summed E-state index contributed by atoms with van der Waals surface area (Å²) in [5.74, 6) is -2.46. The highest BCUT2D eigenvalue weighted by Gasteiger charge is 2.34. The molecule has 0 aromatic heterocycles. The van der Waals surface area contributed by atoms with Crippen molar-refractivity contribution in [1.29, 1.82) is 0 Å². The van der Waals surface area contributed by atoms with Crippen molar-refractivity contribution in [2.45, 2.75) is 30.1 Å². The van der Waals surface area contributed by atoms with Gasteiger partial charge in [0.2, 0.25) is 15.9 Å². The summed E-state index contributed by atoms with van der Waals surface area (Å²) in [6.45, 7) is -0.450. The SMILES string of the molecule is O=C(O)[C@H]1CCCN1C(=O)CNS(=O)(=O)c1ccc(OC(F)(F)F)cc1. The molecule has 0 saturated carbocycles. The van der Waals surface area contributed by atoms with Crippen molar-refractivity contribution in [2.24, 2.45) is 0 Å². The number of benzene rings is 1. The maximum absolute atomic E-state index is 12.1. The molecule has 0 unspecified atom stereocenters. The molecule has 26 heavy (non-hydrogen) atoms. The Morgan fingerprint density at radius 2 is 1.88 bits per heavy atom. The number of hydrogen-bond acceptors (Lipinski definition) is 5. The fourth-order valence-electron chi connectivity index (χ4n) is 2.48. The quantitative estimate of drug-likeness (QED) is 0.740. The minimum Gasteiger partial charge on any atom is -0.480 e. The first-order valence-corrected chi connectivity index (χ1v) is 8.86. The van der Waals surface area contributed by atoms with Crippen LogP contribution in [0.2, 0.25) is 0 Å². The minimum atomic E-state index is -4.90. The molecule has 1 aromatic carbocycles. The van der Waals surface area contributed by atoms with Gasteiger partial charge in [0.25, 0.3) is 0 Å². The average Bonchev–Trinajstić information content (AvgIpc) is 3.01. The van der Waals surface area contributed by atoms with Crippen LogP contribution in [-0.4, -0.2) is 55.8 Å². The van der Waals surface area contributed by atoms with Crippen LogP contribution in [-0.2, 0) is 19.6 Å². The van der Waals surface area contributed by atoms with Crippen LogP contribution < -0.4 is 9.46 Å². The van der Waals surface area contributed by atoms with Gasteiger partial charge in [-0.05, 0) is 37.1 Å². The Balaban J connectivity index is 2.00. The number of carboxylic acid groups (broad SMARTS) is 1. The van der Waals surface area contributed by atoms with E-state index in [1.807, 2.05) is 4.72 Å². The van der Waals surface area contributed by atoms with Crippen molar-refractivity contribution in [2.75, 3.05) is 13.1 Å². The summed E-state index contributed by atoms with van der Waals surface area (Å²) >= 11 is 0. The molecule has 1 fully saturated rings. The maximum Gasteiger partial charge on any atom is 0.573 e. The third-order valence-corrected chi connectivity index (χ3v) is 5.06. The highest BCUT2D eigenvalue weighted by molar-refractivity contribution is 7.89. The first kappa shape index (κ1) is 20.0. The molecule has 0 bridgehead atoms. The lowest BCUT2D eigenvalue weighted by Crippen LogP contribution is -2.45. The lowest BCUT2D eigenvalue weighted by atomic mass is 10.2. The van der Waals surface area contributed by atoms with Crippen LogP contribution in [0.5, 0.6) is 5.75 Å². The smallest absolute Gasteiger partial charge is 0.480 e. The van der Waals surface area contributed by atoms with Crippen LogP contribution >= 0.6 is 0 Å². The molecule has 144 valence electrons. The van der Waals surface area contributed by atoms with Crippen LogP contribution in [0.25, 0.3) is 0 Å². The molecule has 1 heterocycles.